The Morgan fingerprint density at radius 1 is 1.04 bits per heavy atom. The van der Waals surface area contributed by atoms with Crippen molar-refractivity contribution in [3.05, 3.63) is 77.6 Å². The third-order valence-corrected chi connectivity index (χ3v) is 4.39. The van der Waals surface area contributed by atoms with Crippen LogP contribution in [0.3, 0.4) is 0 Å². The molecule has 0 spiro atoms. The van der Waals surface area contributed by atoms with Gasteiger partial charge in [0.05, 0.1) is 17.1 Å². The van der Waals surface area contributed by atoms with Crippen molar-refractivity contribution in [1.29, 1.82) is 0 Å². The van der Waals surface area contributed by atoms with Crippen molar-refractivity contribution in [1.82, 2.24) is 9.78 Å². The SMILES string of the molecule is CC(C)(C)c1cc(C(CN)c2ccc(O)cc2)n(-c2ccccc2)n1. The second-order valence-corrected chi connectivity index (χ2v) is 7.33. The highest BCUT2D eigenvalue weighted by atomic mass is 16.3. The van der Waals surface area contributed by atoms with Crippen molar-refractivity contribution >= 4 is 0 Å². The molecule has 1 unspecified atom stereocenters. The Morgan fingerprint density at radius 2 is 1.68 bits per heavy atom. The van der Waals surface area contributed by atoms with Gasteiger partial charge in [0.15, 0.2) is 0 Å². The van der Waals surface area contributed by atoms with E-state index >= 15 is 0 Å². The van der Waals surface area contributed by atoms with E-state index in [9.17, 15) is 5.11 Å². The van der Waals surface area contributed by atoms with Crippen LogP contribution in [0.1, 0.15) is 43.6 Å². The second-order valence-electron chi connectivity index (χ2n) is 7.33. The number of nitrogens with two attached hydrogens (primary N) is 1. The Kier molecular flexibility index (Phi) is 4.64. The smallest absolute Gasteiger partial charge is 0.115 e. The van der Waals surface area contributed by atoms with E-state index in [2.05, 4.69) is 26.8 Å². The molecule has 0 aliphatic carbocycles. The van der Waals surface area contributed by atoms with Crippen LogP contribution in [0.2, 0.25) is 0 Å². The number of benzene rings is 2. The Balaban J connectivity index is 2.15. The fourth-order valence-electron chi connectivity index (χ4n) is 2.92. The number of hydrogen-bond acceptors (Lipinski definition) is 3. The number of aromatic hydroxyl groups is 1. The molecule has 4 nitrogen and oxygen atoms in total. The van der Waals surface area contributed by atoms with Gasteiger partial charge in [-0.2, -0.15) is 5.10 Å². The van der Waals surface area contributed by atoms with Gasteiger partial charge in [-0.3, -0.25) is 0 Å². The van der Waals surface area contributed by atoms with Gasteiger partial charge in [-0.1, -0.05) is 51.1 Å². The minimum Gasteiger partial charge on any atom is -0.508 e. The summed E-state index contributed by atoms with van der Waals surface area (Å²) in [6, 6.07) is 19.5. The third kappa shape index (κ3) is 3.59. The molecule has 1 atom stereocenters. The Hall–Kier alpha value is -2.59. The highest BCUT2D eigenvalue weighted by molar-refractivity contribution is 5.40. The van der Waals surface area contributed by atoms with Gasteiger partial charge in [0.1, 0.15) is 5.75 Å². The highest BCUT2D eigenvalue weighted by Crippen LogP contribution is 2.31. The number of phenols is 1. The topological polar surface area (TPSA) is 64.1 Å². The lowest BCUT2D eigenvalue weighted by Gasteiger charge is -2.17. The summed E-state index contributed by atoms with van der Waals surface area (Å²) >= 11 is 0. The van der Waals surface area contributed by atoms with Crippen LogP contribution < -0.4 is 5.73 Å². The summed E-state index contributed by atoms with van der Waals surface area (Å²) in [6.07, 6.45) is 0. The van der Waals surface area contributed by atoms with Crippen LogP contribution in [0.5, 0.6) is 5.75 Å². The van der Waals surface area contributed by atoms with Crippen LogP contribution in [0, 0.1) is 0 Å². The average molecular weight is 335 g/mol. The molecule has 25 heavy (non-hydrogen) atoms. The van der Waals surface area contributed by atoms with Crippen LogP contribution in [0.15, 0.2) is 60.7 Å². The summed E-state index contributed by atoms with van der Waals surface area (Å²) in [4.78, 5) is 0. The monoisotopic (exact) mass is 335 g/mol. The second kappa shape index (κ2) is 6.73. The summed E-state index contributed by atoms with van der Waals surface area (Å²) in [6.45, 7) is 6.94. The number of para-hydroxylation sites is 1. The lowest BCUT2D eigenvalue weighted by atomic mass is 9.90. The zero-order valence-corrected chi connectivity index (χ0v) is 15.0. The third-order valence-electron chi connectivity index (χ3n) is 4.39. The molecule has 0 saturated heterocycles. The average Bonchev–Trinajstić information content (AvgIpc) is 3.03. The summed E-state index contributed by atoms with van der Waals surface area (Å²) in [5.74, 6) is 0.260. The molecule has 0 saturated carbocycles. The minimum absolute atomic E-state index is 0.00408. The van der Waals surface area contributed by atoms with Gasteiger partial charge in [0, 0.05) is 17.9 Å². The first-order valence-corrected chi connectivity index (χ1v) is 8.55. The quantitative estimate of drug-likeness (QED) is 0.758. The standard InChI is InChI=1S/C21H25N3O/c1-21(2,3)20-13-19(24(23-20)16-7-5-4-6-8-16)18(14-22)15-9-11-17(25)12-10-15/h4-13,18,25H,14,22H2,1-3H3. The molecule has 1 aromatic heterocycles. The van der Waals surface area contributed by atoms with Crippen molar-refractivity contribution in [3.63, 3.8) is 0 Å². The normalized spacial score (nSPS) is 13.0. The summed E-state index contributed by atoms with van der Waals surface area (Å²) in [5, 5.41) is 14.5. The van der Waals surface area contributed by atoms with Crippen molar-refractivity contribution in [3.8, 4) is 11.4 Å². The highest BCUT2D eigenvalue weighted by Gasteiger charge is 2.25. The molecular formula is C21H25N3O. The van der Waals surface area contributed by atoms with Crippen LogP contribution >= 0.6 is 0 Å². The summed E-state index contributed by atoms with van der Waals surface area (Å²) < 4.78 is 1.99. The van der Waals surface area contributed by atoms with Crippen molar-refractivity contribution in [2.75, 3.05) is 6.54 Å². The number of nitrogens with zero attached hydrogens (tertiary/aromatic N) is 2. The lowest BCUT2D eigenvalue weighted by Crippen LogP contribution is -2.17. The van der Waals surface area contributed by atoms with E-state index in [1.54, 1.807) is 12.1 Å². The molecule has 3 rings (SSSR count). The molecule has 0 amide bonds. The van der Waals surface area contributed by atoms with E-state index in [-0.39, 0.29) is 17.1 Å². The first-order valence-electron chi connectivity index (χ1n) is 8.55. The van der Waals surface area contributed by atoms with Gasteiger partial charge in [-0.25, -0.2) is 4.68 Å². The lowest BCUT2D eigenvalue weighted by molar-refractivity contribution is 0.475. The van der Waals surface area contributed by atoms with Crippen molar-refractivity contribution in [2.24, 2.45) is 5.73 Å². The van der Waals surface area contributed by atoms with Gasteiger partial charge in [-0.15, -0.1) is 0 Å². The predicted molar refractivity (Wildman–Crippen MR) is 101 cm³/mol. The molecule has 1 heterocycles. The van der Waals surface area contributed by atoms with E-state index in [0.29, 0.717) is 6.54 Å². The Labute approximate surface area is 148 Å². The predicted octanol–water partition coefficient (Wildman–Crippen LogP) is 3.97. The zero-order chi connectivity index (χ0) is 18.0. The molecule has 3 aromatic rings. The van der Waals surface area contributed by atoms with E-state index in [0.717, 1.165) is 22.6 Å². The van der Waals surface area contributed by atoms with Crippen LogP contribution in [-0.4, -0.2) is 21.4 Å². The van der Waals surface area contributed by atoms with E-state index < -0.39 is 0 Å². The maximum atomic E-state index is 9.58. The van der Waals surface area contributed by atoms with Crippen molar-refractivity contribution < 1.29 is 5.11 Å². The molecule has 0 aliphatic rings. The molecule has 130 valence electrons. The summed E-state index contributed by atoms with van der Waals surface area (Å²) in [5.41, 5.74) is 10.3. The fourth-order valence-corrected chi connectivity index (χ4v) is 2.92. The fraction of sp³-hybridized carbons (Fsp3) is 0.286. The van der Waals surface area contributed by atoms with Gasteiger partial charge >= 0.3 is 0 Å². The molecular weight excluding hydrogens is 310 g/mol. The van der Waals surface area contributed by atoms with Crippen LogP contribution in [0.4, 0.5) is 0 Å². The first kappa shape index (κ1) is 17.2. The molecule has 0 fully saturated rings. The van der Waals surface area contributed by atoms with Gasteiger partial charge < -0.3 is 10.8 Å². The summed E-state index contributed by atoms with van der Waals surface area (Å²) in [7, 11) is 0. The van der Waals surface area contributed by atoms with Crippen molar-refractivity contribution in [2.45, 2.75) is 32.1 Å². The zero-order valence-electron chi connectivity index (χ0n) is 15.0. The van der Waals surface area contributed by atoms with Gasteiger partial charge in [0.25, 0.3) is 0 Å². The van der Waals surface area contributed by atoms with E-state index in [1.165, 1.54) is 0 Å². The maximum absolute atomic E-state index is 9.58. The number of phenolic OH excluding ortho intramolecular Hbond substituents is 1. The minimum atomic E-state index is -0.0527. The molecule has 0 bridgehead atoms. The van der Waals surface area contributed by atoms with Crippen LogP contribution in [0.25, 0.3) is 5.69 Å². The molecule has 4 heteroatoms. The molecule has 3 N–H and O–H groups in total. The van der Waals surface area contributed by atoms with E-state index in [4.69, 9.17) is 10.8 Å². The number of hydrogen-bond donors (Lipinski definition) is 2. The Bertz CT molecular complexity index is 830. The Morgan fingerprint density at radius 3 is 2.24 bits per heavy atom. The molecule has 0 radical (unpaired) electrons. The maximum Gasteiger partial charge on any atom is 0.115 e. The first-order chi connectivity index (χ1) is 11.9. The van der Waals surface area contributed by atoms with E-state index in [1.807, 2.05) is 47.1 Å². The number of rotatable bonds is 4. The number of aromatic nitrogens is 2. The largest absolute Gasteiger partial charge is 0.508 e. The van der Waals surface area contributed by atoms with Gasteiger partial charge in [-0.05, 0) is 35.9 Å². The molecule has 0 aliphatic heterocycles. The molecule has 2 aromatic carbocycles. The van der Waals surface area contributed by atoms with Gasteiger partial charge in [0.2, 0.25) is 0 Å². The van der Waals surface area contributed by atoms with Crippen LogP contribution in [-0.2, 0) is 5.41 Å².